The van der Waals surface area contributed by atoms with E-state index in [1.165, 1.54) is 10.5 Å². The number of nitrogens with two attached hydrogens (primary N) is 1. The number of para-hydroxylation sites is 1. The largest absolute Gasteiger partial charge is 0.483 e. The molecule has 3 rings (SSSR count). The maximum Gasteiger partial charge on any atom is 0.259 e. The van der Waals surface area contributed by atoms with Gasteiger partial charge in [-0.15, -0.1) is 0 Å². The molecule has 2 atom stereocenters. The quantitative estimate of drug-likeness (QED) is 0.830. The minimum atomic E-state index is -0.157. The van der Waals surface area contributed by atoms with E-state index in [0.717, 1.165) is 0 Å². The fourth-order valence-electron chi connectivity index (χ4n) is 3.56. The SMILES string of the molecule is CN(C)C(=O)COc1ccccc1C(=O)N1C[C@@H](CN)[C@H](c2ccccc2)C1. The third-order valence-corrected chi connectivity index (χ3v) is 5.23. The second-order valence-corrected chi connectivity index (χ2v) is 7.30. The fraction of sp³-hybridized carbons (Fsp3) is 0.364. The lowest BCUT2D eigenvalue weighted by Crippen LogP contribution is -2.31. The number of benzene rings is 2. The van der Waals surface area contributed by atoms with Crippen molar-refractivity contribution in [2.45, 2.75) is 5.92 Å². The lowest BCUT2D eigenvalue weighted by atomic mass is 9.89. The van der Waals surface area contributed by atoms with Crippen LogP contribution in [0.1, 0.15) is 21.8 Å². The summed E-state index contributed by atoms with van der Waals surface area (Å²) in [5, 5.41) is 0. The van der Waals surface area contributed by atoms with Crippen LogP contribution in [0, 0.1) is 5.92 Å². The molecule has 2 amide bonds. The van der Waals surface area contributed by atoms with E-state index < -0.39 is 0 Å². The second kappa shape index (κ2) is 8.89. The van der Waals surface area contributed by atoms with E-state index in [9.17, 15) is 9.59 Å². The van der Waals surface area contributed by atoms with Crippen LogP contribution in [-0.2, 0) is 4.79 Å². The number of amides is 2. The van der Waals surface area contributed by atoms with Gasteiger partial charge in [0.2, 0.25) is 0 Å². The van der Waals surface area contributed by atoms with E-state index in [1.54, 1.807) is 38.4 Å². The number of likely N-dealkylation sites (N-methyl/N-ethyl adjacent to an activating group) is 1. The number of carbonyl (C=O) groups is 2. The van der Waals surface area contributed by atoms with Crippen LogP contribution in [0.15, 0.2) is 54.6 Å². The molecule has 0 aromatic heterocycles. The predicted octanol–water partition coefficient (Wildman–Crippen LogP) is 1.97. The van der Waals surface area contributed by atoms with Gasteiger partial charge in [-0.25, -0.2) is 0 Å². The van der Waals surface area contributed by atoms with E-state index in [4.69, 9.17) is 10.5 Å². The number of hydrogen-bond donors (Lipinski definition) is 1. The number of hydrogen-bond acceptors (Lipinski definition) is 4. The first-order valence-corrected chi connectivity index (χ1v) is 9.47. The van der Waals surface area contributed by atoms with Crippen molar-refractivity contribution < 1.29 is 14.3 Å². The number of rotatable bonds is 6. The Kier molecular flexibility index (Phi) is 6.31. The normalized spacial score (nSPS) is 18.8. The molecule has 1 aliphatic rings. The van der Waals surface area contributed by atoms with Crippen molar-refractivity contribution in [1.82, 2.24) is 9.80 Å². The number of ether oxygens (including phenoxy) is 1. The summed E-state index contributed by atoms with van der Waals surface area (Å²) in [5.74, 6) is 0.615. The summed E-state index contributed by atoms with van der Waals surface area (Å²) in [7, 11) is 3.34. The van der Waals surface area contributed by atoms with Crippen LogP contribution in [0.25, 0.3) is 0 Å². The molecule has 2 aromatic rings. The summed E-state index contributed by atoms with van der Waals surface area (Å²) >= 11 is 0. The molecule has 1 aliphatic heterocycles. The van der Waals surface area contributed by atoms with E-state index in [1.807, 2.05) is 23.1 Å². The lowest BCUT2D eigenvalue weighted by molar-refractivity contribution is -0.130. The Morgan fingerprint density at radius 1 is 1.07 bits per heavy atom. The zero-order chi connectivity index (χ0) is 20.1. The lowest BCUT2D eigenvalue weighted by Gasteiger charge is -2.19. The third-order valence-electron chi connectivity index (χ3n) is 5.23. The summed E-state index contributed by atoms with van der Waals surface area (Å²) < 4.78 is 5.64. The molecule has 6 nitrogen and oxygen atoms in total. The highest BCUT2D eigenvalue weighted by Crippen LogP contribution is 2.33. The Hall–Kier alpha value is -2.86. The topological polar surface area (TPSA) is 75.9 Å². The van der Waals surface area contributed by atoms with Crippen molar-refractivity contribution in [2.24, 2.45) is 11.7 Å². The highest BCUT2D eigenvalue weighted by Gasteiger charge is 2.36. The molecule has 148 valence electrons. The van der Waals surface area contributed by atoms with Gasteiger partial charge in [-0.1, -0.05) is 42.5 Å². The maximum absolute atomic E-state index is 13.2. The Labute approximate surface area is 165 Å². The van der Waals surface area contributed by atoms with Gasteiger partial charge in [0.1, 0.15) is 5.75 Å². The first-order chi connectivity index (χ1) is 13.5. The van der Waals surface area contributed by atoms with Crippen molar-refractivity contribution in [3.63, 3.8) is 0 Å². The predicted molar refractivity (Wildman–Crippen MR) is 108 cm³/mol. The number of likely N-dealkylation sites (tertiary alicyclic amines) is 1. The van der Waals surface area contributed by atoms with Crippen LogP contribution in [0.2, 0.25) is 0 Å². The first-order valence-electron chi connectivity index (χ1n) is 9.47. The Balaban J connectivity index is 1.76. The molecule has 1 saturated heterocycles. The third kappa shape index (κ3) is 4.34. The smallest absolute Gasteiger partial charge is 0.259 e. The minimum absolute atomic E-state index is 0.0928. The molecule has 0 bridgehead atoms. The van der Waals surface area contributed by atoms with Gasteiger partial charge in [-0.3, -0.25) is 9.59 Å². The van der Waals surface area contributed by atoms with Gasteiger partial charge in [0.25, 0.3) is 11.8 Å². The minimum Gasteiger partial charge on any atom is -0.483 e. The van der Waals surface area contributed by atoms with Crippen molar-refractivity contribution in [3.05, 3.63) is 65.7 Å². The van der Waals surface area contributed by atoms with Gasteiger partial charge < -0.3 is 20.3 Å². The van der Waals surface area contributed by atoms with Crippen LogP contribution < -0.4 is 10.5 Å². The molecule has 0 saturated carbocycles. The van der Waals surface area contributed by atoms with Gasteiger partial charge in [0, 0.05) is 33.1 Å². The molecule has 1 fully saturated rings. The van der Waals surface area contributed by atoms with Crippen molar-refractivity contribution >= 4 is 11.8 Å². The number of nitrogens with zero attached hydrogens (tertiary/aromatic N) is 2. The summed E-state index contributed by atoms with van der Waals surface area (Å²) in [5.41, 5.74) is 7.67. The number of carbonyl (C=O) groups excluding carboxylic acids is 2. The summed E-state index contributed by atoms with van der Waals surface area (Å²) in [6.45, 7) is 1.66. The molecule has 0 radical (unpaired) electrons. The van der Waals surface area contributed by atoms with Crippen molar-refractivity contribution in [1.29, 1.82) is 0 Å². The first kappa shape index (κ1) is 19.9. The van der Waals surface area contributed by atoms with E-state index in [0.29, 0.717) is 30.9 Å². The molecular weight excluding hydrogens is 354 g/mol. The average Bonchev–Trinajstić information content (AvgIpc) is 3.16. The van der Waals surface area contributed by atoms with E-state index >= 15 is 0 Å². The van der Waals surface area contributed by atoms with Crippen LogP contribution in [0.4, 0.5) is 0 Å². The molecule has 1 heterocycles. The van der Waals surface area contributed by atoms with Crippen LogP contribution in [-0.4, -0.2) is 62.0 Å². The highest BCUT2D eigenvalue weighted by atomic mass is 16.5. The van der Waals surface area contributed by atoms with Crippen molar-refractivity contribution in [3.8, 4) is 5.75 Å². The average molecular weight is 381 g/mol. The van der Waals surface area contributed by atoms with Gasteiger partial charge in [0.15, 0.2) is 6.61 Å². The summed E-state index contributed by atoms with van der Waals surface area (Å²) in [6, 6.07) is 17.3. The van der Waals surface area contributed by atoms with Gasteiger partial charge in [0.05, 0.1) is 5.56 Å². The van der Waals surface area contributed by atoms with Crippen molar-refractivity contribution in [2.75, 3.05) is 40.3 Å². The van der Waals surface area contributed by atoms with Gasteiger partial charge >= 0.3 is 0 Å². The molecule has 2 N–H and O–H groups in total. The molecular formula is C22H27N3O3. The molecule has 0 spiro atoms. The Bertz CT molecular complexity index is 823. The Morgan fingerprint density at radius 2 is 1.75 bits per heavy atom. The molecule has 0 aliphatic carbocycles. The van der Waals surface area contributed by atoms with E-state index in [-0.39, 0.29) is 30.3 Å². The highest BCUT2D eigenvalue weighted by molar-refractivity contribution is 5.97. The maximum atomic E-state index is 13.2. The summed E-state index contributed by atoms with van der Waals surface area (Å²) in [4.78, 5) is 28.3. The standard InChI is InChI=1S/C22H27N3O3/c1-24(2)21(26)15-28-20-11-7-6-10-18(20)22(27)25-13-17(12-23)19(14-25)16-8-4-3-5-9-16/h3-11,17,19H,12-15,23H2,1-2H3/t17-,19+/m1/s1. The Morgan fingerprint density at radius 3 is 2.43 bits per heavy atom. The van der Waals surface area contributed by atoms with Gasteiger partial charge in [-0.05, 0) is 30.2 Å². The molecule has 6 heteroatoms. The zero-order valence-electron chi connectivity index (χ0n) is 16.4. The monoisotopic (exact) mass is 381 g/mol. The van der Waals surface area contributed by atoms with Crippen LogP contribution in [0.3, 0.4) is 0 Å². The van der Waals surface area contributed by atoms with Crippen LogP contribution >= 0.6 is 0 Å². The molecule has 28 heavy (non-hydrogen) atoms. The van der Waals surface area contributed by atoms with Crippen LogP contribution in [0.5, 0.6) is 5.75 Å². The van der Waals surface area contributed by atoms with E-state index in [2.05, 4.69) is 12.1 Å². The fourth-order valence-corrected chi connectivity index (χ4v) is 3.56. The van der Waals surface area contributed by atoms with Gasteiger partial charge in [-0.2, -0.15) is 0 Å². The zero-order valence-corrected chi connectivity index (χ0v) is 16.4. The molecule has 0 unspecified atom stereocenters. The summed E-state index contributed by atoms with van der Waals surface area (Å²) in [6.07, 6.45) is 0. The second-order valence-electron chi connectivity index (χ2n) is 7.30. The molecule has 2 aromatic carbocycles.